The van der Waals surface area contributed by atoms with Gasteiger partial charge in [-0.1, -0.05) is 61.4 Å². The van der Waals surface area contributed by atoms with E-state index in [9.17, 15) is 8.42 Å². The molecule has 0 spiro atoms. The van der Waals surface area contributed by atoms with Crippen LogP contribution >= 0.6 is 11.3 Å². The van der Waals surface area contributed by atoms with Crippen molar-refractivity contribution in [2.45, 2.75) is 30.6 Å². The van der Waals surface area contributed by atoms with E-state index in [-0.39, 0.29) is 0 Å². The van der Waals surface area contributed by atoms with Gasteiger partial charge in [0.15, 0.2) is 0 Å². The van der Waals surface area contributed by atoms with E-state index < -0.39 is 10.0 Å². The van der Waals surface area contributed by atoms with Crippen LogP contribution in [0.1, 0.15) is 31.2 Å². The fraction of sp³-hybridized carbons (Fsp3) is 0.250. The standard InChI is InChI=1S/C24H26N4O2S2/c29-32(30,28-17-6-1-2-7-18-28)22-14-12-21(13-15-22)23-19-31-24(26-23)27-25-16-8-11-20-9-4-3-5-10-20/h3-5,8-16,19H,1-2,6-7,17-18H2,(H,26,27)/b11-8+,25-16+. The maximum Gasteiger partial charge on any atom is 0.243 e. The summed E-state index contributed by atoms with van der Waals surface area (Å²) in [5.41, 5.74) is 5.69. The zero-order valence-electron chi connectivity index (χ0n) is 17.7. The normalized spacial score (nSPS) is 15.9. The quantitative estimate of drug-likeness (QED) is 0.369. The number of benzene rings is 2. The van der Waals surface area contributed by atoms with E-state index in [1.807, 2.05) is 60.0 Å². The van der Waals surface area contributed by atoms with Crippen molar-refractivity contribution < 1.29 is 8.42 Å². The molecule has 0 radical (unpaired) electrons. The Labute approximate surface area is 193 Å². The second kappa shape index (κ2) is 10.7. The molecular formula is C24H26N4O2S2. The van der Waals surface area contributed by atoms with Gasteiger partial charge in [-0.25, -0.2) is 13.4 Å². The molecule has 0 bridgehead atoms. The molecule has 1 fully saturated rings. The molecule has 1 aromatic heterocycles. The van der Waals surface area contributed by atoms with Gasteiger partial charge in [-0.2, -0.15) is 9.41 Å². The number of sulfonamides is 1. The third-order valence-corrected chi connectivity index (χ3v) is 7.93. The Hall–Kier alpha value is -2.81. The van der Waals surface area contributed by atoms with Crippen molar-refractivity contribution in [3.8, 4) is 11.3 Å². The van der Waals surface area contributed by atoms with Gasteiger partial charge in [0.25, 0.3) is 0 Å². The Balaban J connectivity index is 1.37. The maximum absolute atomic E-state index is 12.9. The average Bonchev–Trinajstić information content (AvgIpc) is 3.11. The Kier molecular flexibility index (Phi) is 7.47. The molecule has 32 heavy (non-hydrogen) atoms. The van der Waals surface area contributed by atoms with Crippen LogP contribution in [0.5, 0.6) is 0 Å². The molecule has 0 aliphatic carbocycles. The molecule has 1 N–H and O–H groups in total. The monoisotopic (exact) mass is 466 g/mol. The fourth-order valence-corrected chi connectivity index (χ4v) is 5.73. The third kappa shape index (κ3) is 5.70. The van der Waals surface area contributed by atoms with Crippen LogP contribution in [0.2, 0.25) is 0 Å². The molecule has 0 unspecified atom stereocenters. The number of nitrogens with one attached hydrogen (secondary N) is 1. The number of hydrazone groups is 1. The number of thiazole rings is 1. The number of aromatic nitrogens is 1. The predicted molar refractivity (Wildman–Crippen MR) is 132 cm³/mol. The molecule has 1 aliphatic rings. The first-order valence-corrected chi connectivity index (χ1v) is 13.0. The van der Waals surface area contributed by atoms with Gasteiger partial charge in [-0.15, -0.1) is 11.3 Å². The van der Waals surface area contributed by atoms with E-state index in [0.717, 1.165) is 42.5 Å². The van der Waals surface area contributed by atoms with Crippen LogP contribution in [-0.2, 0) is 10.0 Å². The molecule has 3 aromatic rings. The van der Waals surface area contributed by atoms with Crippen molar-refractivity contribution in [3.63, 3.8) is 0 Å². The Morgan fingerprint density at radius 2 is 1.69 bits per heavy atom. The first-order chi connectivity index (χ1) is 15.6. The summed E-state index contributed by atoms with van der Waals surface area (Å²) in [6, 6.07) is 17.0. The van der Waals surface area contributed by atoms with Crippen LogP contribution in [0.15, 0.2) is 76.1 Å². The minimum Gasteiger partial charge on any atom is -0.253 e. The molecule has 6 nitrogen and oxygen atoms in total. The highest BCUT2D eigenvalue weighted by Crippen LogP contribution is 2.27. The zero-order chi connectivity index (χ0) is 22.2. The number of rotatable bonds is 7. The highest BCUT2D eigenvalue weighted by atomic mass is 32.2. The van der Waals surface area contributed by atoms with Gasteiger partial charge < -0.3 is 0 Å². The highest BCUT2D eigenvalue weighted by Gasteiger charge is 2.25. The topological polar surface area (TPSA) is 74.7 Å². The molecule has 1 saturated heterocycles. The lowest BCUT2D eigenvalue weighted by molar-refractivity contribution is 0.424. The second-order valence-electron chi connectivity index (χ2n) is 7.54. The predicted octanol–water partition coefficient (Wildman–Crippen LogP) is 5.49. The van der Waals surface area contributed by atoms with Crippen molar-refractivity contribution in [3.05, 3.63) is 71.6 Å². The minimum absolute atomic E-state index is 0.339. The van der Waals surface area contributed by atoms with Gasteiger partial charge in [0.2, 0.25) is 15.2 Å². The fourth-order valence-electron chi connectivity index (χ4n) is 3.54. The lowest BCUT2D eigenvalue weighted by Gasteiger charge is -2.19. The minimum atomic E-state index is -3.44. The average molecular weight is 467 g/mol. The van der Waals surface area contributed by atoms with Gasteiger partial charge in [0, 0.05) is 30.2 Å². The van der Waals surface area contributed by atoms with Crippen molar-refractivity contribution in [2.24, 2.45) is 5.10 Å². The van der Waals surface area contributed by atoms with Crippen molar-refractivity contribution in [2.75, 3.05) is 18.5 Å². The van der Waals surface area contributed by atoms with Crippen LogP contribution in [0.3, 0.4) is 0 Å². The number of hydrogen-bond donors (Lipinski definition) is 1. The van der Waals surface area contributed by atoms with Crippen LogP contribution < -0.4 is 5.43 Å². The van der Waals surface area contributed by atoms with Gasteiger partial charge in [0.05, 0.1) is 10.6 Å². The molecule has 2 heterocycles. The SMILES string of the molecule is O=S(=O)(c1ccc(-c2csc(N/N=C/C=C/c3ccccc3)n2)cc1)N1CCCCCC1. The number of nitrogens with zero attached hydrogens (tertiary/aromatic N) is 3. The Morgan fingerprint density at radius 3 is 2.41 bits per heavy atom. The summed E-state index contributed by atoms with van der Waals surface area (Å²) >= 11 is 1.45. The second-order valence-corrected chi connectivity index (χ2v) is 10.3. The molecule has 0 atom stereocenters. The van der Waals surface area contributed by atoms with E-state index in [1.165, 1.54) is 11.3 Å². The van der Waals surface area contributed by atoms with Gasteiger partial charge >= 0.3 is 0 Å². The summed E-state index contributed by atoms with van der Waals surface area (Å²) in [5.74, 6) is 0. The molecule has 0 amide bonds. The van der Waals surface area contributed by atoms with Crippen molar-refractivity contribution in [1.82, 2.24) is 9.29 Å². The lowest BCUT2D eigenvalue weighted by atomic mass is 10.2. The van der Waals surface area contributed by atoms with E-state index in [2.05, 4.69) is 15.5 Å². The van der Waals surface area contributed by atoms with Crippen molar-refractivity contribution >= 4 is 38.8 Å². The number of hydrogen-bond acceptors (Lipinski definition) is 6. The first kappa shape index (κ1) is 22.4. The molecule has 1 aliphatic heterocycles. The third-order valence-electron chi connectivity index (χ3n) is 5.27. The zero-order valence-corrected chi connectivity index (χ0v) is 19.4. The maximum atomic E-state index is 12.9. The van der Waals surface area contributed by atoms with Crippen LogP contribution in [-0.4, -0.2) is 37.0 Å². The molecule has 4 rings (SSSR count). The first-order valence-electron chi connectivity index (χ1n) is 10.7. The van der Waals surface area contributed by atoms with Gasteiger partial charge in [-0.3, -0.25) is 5.43 Å². The summed E-state index contributed by atoms with van der Waals surface area (Å²) in [7, 11) is -3.44. The Morgan fingerprint density at radius 1 is 0.969 bits per heavy atom. The van der Waals surface area contributed by atoms with Gasteiger partial charge in [-0.05, 0) is 36.6 Å². The summed E-state index contributed by atoms with van der Waals surface area (Å²) in [6.45, 7) is 1.21. The summed E-state index contributed by atoms with van der Waals surface area (Å²) in [4.78, 5) is 4.88. The molecular weight excluding hydrogens is 440 g/mol. The number of allylic oxidation sites excluding steroid dienone is 1. The summed E-state index contributed by atoms with van der Waals surface area (Å²) in [5, 5.41) is 6.77. The van der Waals surface area contributed by atoms with Crippen LogP contribution in [0.4, 0.5) is 5.13 Å². The van der Waals surface area contributed by atoms with E-state index in [0.29, 0.717) is 23.1 Å². The van der Waals surface area contributed by atoms with E-state index >= 15 is 0 Å². The van der Waals surface area contributed by atoms with E-state index in [4.69, 9.17) is 0 Å². The Bertz CT molecular complexity index is 1160. The summed E-state index contributed by atoms with van der Waals surface area (Å²) < 4.78 is 27.5. The smallest absolute Gasteiger partial charge is 0.243 e. The van der Waals surface area contributed by atoms with Crippen molar-refractivity contribution in [1.29, 1.82) is 0 Å². The molecule has 166 valence electrons. The lowest BCUT2D eigenvalue weighted by Crippen LogP contribution is -2.31. The number of anilines is 1. The summed E-state index contributed by atoms with van der Waals surface area (Å²) in [6.07, 6.45) is 9.56. The van der Waals surface area contributed by atoms with E-state index in [1.54, 1.807) is 22.7 Å². The largest absolute Gasteiger partial charge is 0.253 e. The van der Waals surface area contributed by atoms with Gasteiger partial charge in [0.1, 0.15) is 0 Å². The molecule has 2 aromatic carbocycles. The van der Waals surface area contributed by atoms with Crippen LogP contribution in [0, 0.1) is 0 Å². The molecule has 8 heteroatoms. The highest BCUT2D eigenvalue weighted by molar-refractivity contribution is 7.89. The molecule has 0 saturated carbocycles. The van der Waals surface area contributed by atoms with Crippen LogP contribution in [0.25, 0.3) is 17.3 Å².